The summed E-state index contributed by atoms with van der Waals surface area (Å²) in [6, 6.07) is 25.1. The van der Waals surface area contributed by atoms with E-state index in [1.807, 2.05) is 65.6 Å². The number of piperazine rings is 1. The van der Waals surface area contributed by atoms with Crippen LogP contribution in [0.2, 0.25) is 10.0 Å². The largest absolute Gasteiger partial charge is 0.484 e. The van der Waals surface area contributed by atoms with Gasteiger partial charge in [-0.3, -0.25) is 4.79 Å². The summed E-state index contributed by atoms with van der Waals surface area (Å²) in [6.45, 7) is 4.91. The van der Waals surface area contributed by atoms with Crippen LogP contribution in [0.1, 0.15) is 5.56 Å². The average molecular weight is 457 g/mol. The van der Waals surface area contributed by atoms with Crippen molar-refractivity contribution in [3.8, 4) is 5.75 Å². The molecule has 1 saturated heterocycles. The van der Waals surface area contributed by atoms with Crippen LogP contribution in [0.5, 0.6) is 5.75 Å². The van der Waals surface area contributed by atoms with Crippen LogP contribution in [0.3, 0.4) is 0 Å². The molecule has 1 amide bonds. The summed E-state index contributed by atoms with van der Waals surface area (Å²) in [6.07, 6.45) is 0. The molecule has 4 rings (SSSR count). The topological polar surface area (TPSA) is 32.8 Å². The smallest absolute Gasteiger partial charge is 0.260 e. The maximum Gasteiger partial charge on any atom is 0.260 e. The van der Waals surface area contributed by atoms with Crippen LogP contribution in [0, 0.1) is 6.92 Å². The number of halogens is 2. The Kier molecular flexibility index (Phi) is 8.63. The van der Waals surface area contributed by atoms with Crippen LogP contribution in [-0.4, -0.2) is 43.6 Å². The second-order valence-corrected chi connectivity index (χ2v) is 8.06. The summed E-state index contributed by atoms with van der Waals surface area (Å²) < 4.78 is 5.52. The summed E-state index contributed by atoms with van der Waals surface area (Å²) in [5.41, 5.74) is 2.27. The zero-order valence-electron chi connectivity index (χ0n) is 17.5. The van der Waals surface area contributed by atoms with E-state index in [1.54, 1.807) is 6.07 Å². The van der Waals surface area contributed by atoms with Crippen molar-refractivity contribution >= 4 is 34.8 Å². The highest BCUT2D eigenvalue weighted by molar-refractivity contribution is 6.36. The number of anilines is 1. The van der Waals surface area contributed by atoms with Gasteiger partial charge in [0.2, 0.25) is 0 Å². The molecule has 6 heteroatoms. The Morgan fingerprint density at radius 1 is 0.871 bits per heavy atom. The molecule has 1 aliphatic heterocycles. The molecule has 1 aliphatic rings. The molecule has 1 fully saturated rings. The SMILES string of the molecule is Cc1ccccc1.O=C(COc1ccccc1)N1CCN(c2ccc(Cl)cc2Cl)CC1. The van der Waals surface area contributed by atoms with Crippen molar-refractivity contribution < 1.29 is 9.53 Å². The molecule has 3 aromatic rings. The number of rotatable bonds is 4. The fourth-order valence-corrected chi connectivity index (χ4v) is 3.75. The molecule has 162 valence electrons. The van der Waals surface area contributed by atoms with Crippen LogP contribution in [0.4, 0.5) is 5.69 Å². The Balaban J connectivity index is 0.000000330. The van der Waals surface area contributed by atoms with Crippen molar-refractivity contribution in [1.82, 2.24) is 4.90 Å². The monoisotopic (exact) mass is 456 g/mol. The van der Waals surface area contributed by atoms with Crippen molar-refractivity contribution in [2.75, 3.05) is 37.7 Å². The Morgan fingerprint density at radius 3 is 2.03 bits per heavy atom. The molecule has 1 heterocycles. The summed E-state index contributed by atoms with van der Waals surface area (Å²) in [5, 5.41) is 1.25. The highest BCUT2D eigenvalue weighted by atomic mass is 35.5. The third-order valence-electron chi connectivity index (χ3n) is 4.93. The maximum absolute atomic E-state index is 12.3. The van der Waals surface area contributed by atoms with Gasteiger partial charge in [-0.05, 0) is 37.3 Å². The third kappa shape index (κ3) is 7.20. The molecule has 0 aromatic heterocycles. The van der Waals surface area contributed by atoms with E-state index in [0.29, 0.717) is 28.9 Å². The van der Waals surface area contributed by atoms with Crippen LogP contribution >= 0.6 is 23.2 Å². The molecule has 0 radical (unpaired) electrons. The van der Waals surface area contributed by atoms with Crippen molar-refractivity contribution in [1.29, 1.82) is 0 Å². The van der Waals surface area contributed by atoms with Crippen molar-refractivity contribution in [3.05, 3.63) is 94.5 Å². The number of ether oxygens (including phenoxy) is 1. The lowest BCUT2D eigenvalue weighted by molar-refractivity contribution is -0.133. The van der Waals surface area contributed by atoms with E-state index in [9.17, 15) is 4.79 Å². The predicted octanol–water partition coefficient (Wildman–Crippen LogP) is 5.72. The lowest BCUT2D eigenvalue weighted by atomic mass is 10.2. The van der Waals surface area contributed by atoms with E-state index in [-0.39, 0.29) is 12.5 Å². The first kappa shape index (κ1) is 23.0. The van der Waals surface area contributed by atoms with Crippen LogP contribution < -0.4 is 9.64 Å². The fourth-order valence-electron chi connectivity index (χ4n) is 3.22. The first-order valence-electron chi connectivity index (χ1n) is 10.2. The Bertz CT molecular complexity index is 960. The van der Waals surface area contributed by atoms with Crippen LogP contribution in [0.25, 0.3) is 0 Å². The van der Waals surface area contributed by atoms with Gasteiger partial charge < -0.3 is 14.5 Å². The van der Waals surface area contributed by atoms with Gasteiger partial charge in [0.1, 0.15) is 5.75 Å². The number of carbonyl (C=O) groups excluding carboxylic acids is 1. The minimum absolute atomic E-state index is 0.000654. The highest BCUT2D eigenvalue weighted by Gasteiger charge is 2.22. The van der Waals surface area contributed by atoms with Gasteiger partial charge in [-0.25, -0.2) is 0 Å². The highest BCUT2D eigenvalue weighted by Crippen LogP contribution is 2.29. The molecule has 0 bridgehead atoms. The number of benzene rings is 3. The van der Waals surface area contributed by atoms with Gasteiger partial charge in [0.05, 0.1) is 10.7 Å². The number of aryl methyl sites for hydroxylation is 1. The first-order valence-corrected chi connectivity index (χ1v) is 11.0. The van der Waals surface area contributed by atoms with Gasteiger partial charge in [-0.1, -0.05) is 77.3 Å². The molecule has 0 aliphatic carbocycles. The zero-order chi connectivity index (χ0) is 22.1. The van der Waals surface area contributed by atoms with Crippen molar-refractivity contribution in [3.63, 3.8) is 0 Å². The molecule has 0 unspecified atom stereocenters. The molecule has 0 spiro atoms. The average Bonchev–Trinajstić information content (AvgIpc) is 2.79. The summed E-state index contributed by atoms with van der Waals surface area (Å²) in [5.74, 6) is 0.707. The Hall–Kier alpha value is -2.69. The van der Waals surface area contributed by atoms with E-state index in [0.717, 1.165) is 18.8 Å². The third-order valence-corrected chi connectivity index (χ3v) is 5.47. The maximum atomic E-state index is 12.3. The van der Waals surface area contributed by atoms with Crippen molar-refractivity contribution in [2.45, 2.75) is 6.92 Å². The van der Waals surface area contributed by atoms with Gasteiger partial charge in [-0.2, -0.15) is 0 Å². The van der Waals surface area contributed by atoms with Gasteiger partial charge >= 0.3 is 0 Å². The fraction of sp³-hybridized carbons (Fsp3) is 0.240. The molecule has 4 nitrogen and oxygen atoms in total. The van der Waals surface area contributed by atoms with Gasteiger partial charge in [-0.15, -0.1) is 0 Å². The van der Waals surface area contributed by atoms with E-state index in [2.05, 4.69) is 24.0 Å². The second kappa shape index (κ2) is 11.6. The van der Waals surface area contributed by atoms with E-state index >= 15 is 0 Å². The van der Waals surface area contributed by atoms with Crippen LogP contribution in [0.15, 0.2) is 78.9 Å². The summed E-state index contributed by atoms with van der Waals surface area (Å²) in [7, 11) is 0. The number of hydrogen-bond donors (Lipinski definition) is 0. The van der Waals surface area contributed by atoms with Gasteiger partial charge in [0.15, 0.2) is 6.61 Å². The summed E-state index contributed by atoms with van der Waals surface area (Å²) >= 11 is 12.2. The predicted molar refractivity (Wildman–Crippen MR) is 128 cm³/mol. The number of carbonyl (C=O) groups is 1. The molecular weight excluding hydrogens is 431 g/mol. The van der Waals surface area contributed by atoms with E-state index in [1.165, 1.54) is 5.56 Å². The number of hydrogen-bond acceptors (Lipinski definition) is 3. The van der Waals surface area contributed by atoms with Crippen molar-refractivity contribution in [2.24, 2.45) is 0 Å². The molecule has 0 N–H and O–H groups in total. The number of nitrogens with zero attached hydrogens (tertiary/aromatic N) is 2. The lowest BCUT2D eigenvalue weighted by Gasteiger charge is -2.36. The molecule has 31 heavy (non-hydrogen) atoms. The molecular formula is C25H26Cl2N2O2. The lowest BCUT2D eigenvalue weighted by Crippen LogP contribution is -2.50. The summed E-state index contributed by atoms with van der Waals surface area (Å²) in [4.78, 5) is 16.3. The minimum atomic E-state index is 0.000654. The Morgan fingerprint density at radius 2 is 1.48 bits per heavy atom. The number of para-hydroxylation sites is 1. The standard InChI is InChI=1S/C18H18Cl2N2O2.C7H8/c19-14-6-7-17(16(20)12-14)21-8-10-22(11-9-21)18(23)13-24-15-4-2-1-3-5-15;1-7-5-3-2-4-6-7/h1-7,12H,8-11,13H2;2-6H,1H3. The molecule has 0 atom stereocenters. The van der Waals surface area contributed by atoms with E-state index < -0.39 is 0 Å². The Labute approximate surface area is 194 Å². The zero-order valence-corrected chi connectivity index (χ0v) is 19.0. The normalized spacial score (nSPS) is 13.3. The number of amides is 1. The second-order valence-electron chi connectivity index (χ2n) is 7.22. The van der Waals surface area contributed by atoms with Gasteiger partial charge in [0.25, 0.3) is 5.91 Å². The molecule has 3 aromatic carbocycles. The first-order chi connectivity index (χ1) is 15.0. The quantitative estimate of drug-likeness (QED) is 0.503. The van der Waals surface area contributed by atoms with E-state index in [4.69, 9.17) is 27.9 Å². The van der Waals surface area contributed by atoms with Crippen LogP contribution in [-0.2, 0) is 4.79 Å². The van der Waals surface area contributed by atoms with Gasteiger partial charge in [0, 0.05) is 31.2 Å². The molecule has 0 saturated carbocycles. The minimum Gasteiger partial charge on any atom is -0.484 e.